The molecule has 1 aliphatic rings. The monoisotopic (exact) mass is 265 g/mol. The normalized spacial score (nSPS) is 16.3. The lowest BCUT2D eigenvalue weighted by molar-refractivity contribution is 0.538. The van der Waals surface area contributed by atoms with Crippen LogP contribution in [0.3, 0.4) is 0 Å². The molecule has 0 N–H and O–H groups in total. The molecular formula is C19H37. The maximum atomic E-state index is 2.30. The Morgan fingerprint density at radius 2 is 1.00 bits per heavy atom. The zero-order valence-corrected chi connectivity index (χ0v) is 13.5. The van der Waals surface area contributed by atoms with Gasteiger partial charge in [-0.25, -0.2) is 0 Å². The van der Waals surface area contributed by atoms with Crippen molar-refractivity contribution in [3.63, 3.8) is 0 Å². The molecule has 0 spiro atoms. The predicted octanol–water partition coefficient (Wildman–Crippen LogP) is 7.23. The van der Waals surface area contributed by atoms with Gasteiger partial charge in [0, 0.05) is 0 Å². The van der Waals surface area contributed by atoms with Gasteiger partial charge in [0.2, 0.25) is 0 Å². The molecule has 19 heavy (non-hydrogen) atoms. The predicted molar refractivity (Wildman–Crippen MR) is 87.4 cm³/mol. The van der Waals surface area contributed by atoms with Crippen LogP contribution in [0.4, 0.5) is 0 Å². The lowest BCUT2D eigenvalue weighted by Gasteiger charge is -2.07. The van der Waals surface area contributed by atoms with Gasteiger partial charge in [-0.1, -0.05) is 96.8 Å². The van der Waals surface area contributed by atoms with Crippen LogP contribution >= 0.6 is 0 Å². The topological polar surface area (TPSA) is 0 Å². The van der Waals surface area contributed by atoms with Crippen molar-refractivity contribution in [2.75, 3.05) is 0 Å². The van der Waals surface area contributed by atoms with Gasteiger partial charge < -0.3 is 0 Å². The van der Waals surface area contributed by atoms with Gasteiger partial charge in [-0.05, 0) is 25.2 Å². The zero-order chi connectivity index (χ0) is 13.6. The molecule has 0 saturated heterocycles. The molecule has 0 aromatic carbocycles. The molecule has 0 amide bonds. The summed E-state index contributed by atoms with van der Waals surface area (Å²) in [6, 6.07) is 0. The van der Waals surface area contributed by atoms with Crippen LogP contribution in [0.25, 0.3) is 0 Å². The van der Waals surface area contributed by atoms with Crippen molar-refractivity contribution in [1.82, 2.24) is 0 Å². The first kappa shape index (κ1) is 17.1. The summed E-state index contributed by atoms with van der Waals surface area (Å²) < 4.78 is 0. The minimum absolute atomic E-state index is 1.37. The molecular weight excluding hydrogens is 228 g/mol. The van der Waals surface area contributed by atoms with Crippen LogP contribution in [0.15, 0.2) is 0 Å². The SMILES string of the molecule is CCCCCCCCCCCCCC[C]1CCCC1. The summed E-state index contributed by atoms with van der Waals surface area (Å²) in [5, 5.41) is 0. The maximum absolute atomic E-state index is 2.30. The molecule has 0 aromatic heterocycles. The van der Waals surface area contributed by atoms with E-state index in [0.29, 0.717) is 0 Å². The second-order valence-electron chi connectivity index (χ2n) is 6.60. The Bertz CT molecular complexity index is 167. The fourth-order valence-electron chi connectivity index (χ4n) is 3.34. The molecule has 1 aliphatic carbocycles. The van der Waals surface area contributed by atoms with Crippen molar-refractivity contribution < 1.29 is 0 Å². The van der Waals surface area contributed by atoms with E-state index in [-0.39, 0.29) is 0 Å². The summed E-state index contributed by atoms with van der Waals surface area (Å²) in [5.41, 5.74) is 0. The number of hydrogen-bond donors (Lipinski definition) is 0. The minimum atomic E-state index is 1.37. The summed E-state index contributed by atoms with van der Waals surface area (Å²) >= 11 is 0. The molecule has 0 bridgehead atoms. The van der Waals surface area contributed by atoms with Gasteiger partial charge in [0.1, 0.15) is 0 Å². The highest BCUT2D eigenvalue weighted by atomic mass is 14.2. The van der Waals surface area contributed by atoms with E-state index >= 15 is 0 Å². The van der Waals surface area contributed by atoms with Crippen LogP contribution in [-0.4, -0.2) is 0 Å². The highest BCUT2D eigenvalue weighted by molar-refractivity contribution is 4.93. The summed E-state index contributed by atoms with van der Waals surface area (Å²) in [6.07, 6.45) is 25.0. The summed E-state index contributed by atoms with van der Waals surface area (Å²) in [6.45, 7) is 2.30. The molecule has 1 radical (unpaired) electrons. The molecule has 0 unspecified atom stereocenters. The van der Waals surface area contributed by atoms with Crippen molar-refractivity contribution in [3.8, 4) is 0 Å². The van der Waals surface area contributed by atoms with Crippen LogP contribution in [0, 0.1) is 5.92 Å². The third-order valence-electron chi connectivity index (χ3n) is 4.69. The van der Waals surface area contributed by atoms with Crippen LogP contribution in [0.1, 0.15) is 116 Å². The standard InChI is InChI=1S/C19H37/c1-2-3-4-5-6-7-8-9-10-11-12-13-16-19-17-14-15-18-19/h2-18H2,1H3. The van der Waals surface area contributed by atoms with Gasteiger partial charge in [-0.3, -0.25) is 0 Å². The Hall–Kier alpha value is 0. The Labute approximate surface area is 122 Å². The third kappa shape index (κ3) is 10.4. The van der Waals surface area contributed by atoms with E-state index in [0.717, 1.165) is 0 Å². The van der Waals surface area contributed by atoms with Crippen LogP contribution in [0.2, 0.25) is 0 Å². The average molecular weight is 266 g/mol. The number of rotatable bonds is 13. The molecule has 0 heterocycles. The Morgan fingerprint density at radius 1 is 0.579 bits per heavy atom. The van der Waals surface area contributed by atoms with Crippen molar-refractivity contribution in [1.29, 1.82) is 0 Å². The van der Waals surface area contributed by atoms with E-state index in [1.54, 1.807) is 0 Å². The van der Waals surface area contributed by atoms with Gasteiger partial charge in [-0.15, -0.1) is 0 Å². The van der Waals surface area contributed by atoms with Crippen LogP contribution in [0.5, 0.6) is 0 Å². The Balaban J connectivity index is 1.67. The summed E-state index contributed by atoms with van der Waals surface area (Å²) in [7, 11) is 0. The van der Waals surface area contributed by atoms with E-state index in [1.165, 1.54) is 109 Å². The van der Waals surface area contributed by atoms with Gasteiger partial charge in [0.05, 0.1) is 0 Å². The van der Waals surface area contributed by atoms with Gasteiger partial charge >= 0.3 is 0 Å². The average Bonchev–Trinajstić information content (AvgIpc) is 2.93. The third-order valence-corrected chi connectivity index (χ3v) is 4.69. The van der Waals surface area contributed by atoms with E-state index in [4.69, 9.17) is 0 Å². The quantitative estimate of drug-likeness (QED) is 0.308. The Kier molecular flexibility index (Phi) is 11.7. The van der Waals surface area contributed by atoms with Crippen molar-refractivity contribution in [2.24, 2.45) is 0 Å². The number of hydrogen-bond acceptors (Lipinski definition) is 0. The smallest absolute Gasteiger partial charge is 0.0241 e. The van der Waals surface area contributed by atoms with Crippen LogP contribution < -0.4 is 0 Å². The molecule has 0 atom stereocenters. The lowest BCUT2D eigenvalue weighted by atomic mass is 9.99. The van der Waals surface area contributed by atoms with Crippen molar-refractivity contribution >= 4 is 0 Å². The summed E-state index contributed by atoms with van der Waals surface area (Å²) in [5.74, 6) is 1.88. The van der Waals surface area contributed by atoms with Gasteiger partial charge in [0.25, 0.3) is 0 Å². The first-order valence-corrected chi connectivity index (χ1v) is 9.27. The first-order chi connectivity index (χ1) is 9.43. The van der Waals surface area contributed by atoms with E-state index < -0.39 is 0 Å². The van der Waals surface area contributed by atoms with Crippen molar-refractivity contribution in [3.05, 3.63) is 5.92 Å². The molecule has 1 fully saturated rings. The second-order valence-corrected chi connectivity index (χ2v) is 6.60. The maximum Gasteiger partial charge on any atom is -0.0241 e. The highest BCUT2D eigenvalue weighted by Gasteiger charge is 2.14. The van der Waals surface area contributed by atoms with Gasteiger partial charge in [-0.2, -0.15) is 0 Å². The van der Waals surface area contributed by atoms with E-state index in [9.17, 15) is 0 Å². The fraction of sp³-hybridized carbons (Fsp3) is 0.947. The molecule has 0 aromatic rings. The minimum Gasteiger partial charge on any atom is -0.0654 e. The zero-order valence-electron chi connectivity index (χ0n) is 13.5. The summed E-state index contributed by atoms with van der Waals surface area (Å²) in [4.78, 5) is 0. The van der Waals surface area contributed by atoms with Crippen molar-refractivity contribution in [2.45, 2.75) is 116 Å². The van der Waals surface area contributed by atoms with Gasteiger partial charge in [0.15, 0.2) is 0 Å². The van der Waals surface area contributed by atoms with E-state index in [1.807, 2.05) is 5.92 Å². The molecule has 0 heteroatoms. The molecule has 113 valence electrons. The molecule has 0 nitrogen and oxygen atoms in total. The van der Waals surface area contributed by atoms with Crippen LogP contribution in [-0.2, 0) is 0 Å². The highest BCUT2D eigenvalue weighted by Crippen LogP contribution is 2.31. The largest absolute Gasteiger partial charge is 0.0654 e. The Morgan fingerprint density at radius 3 is 1.47 bits per heavy atom. The molecule has 0 aliphatic heterocycles. The number of unbranched alkanes of at least 4 members (excludes halogenated alkanes) is 11. The lowest BCUT2D eigenvalue weighted by Crippen LogP contribution is -1.90. The van der Waals surface area contributed by atoms with E-state index in [2.05, 4.69) is 6.92 Å². The fourth-order valence-corrected chi connectivity index (χ4v) is 3.34. The molecule has 1 rings (SSSR count). The first-order valence-electron chi connectivity index (χ1n) is 9.27. The molecule has 1 saturated carbocycles. The second kappa shape index (κ2) is 13.0.